The van der Waals surface area contributed by atoms with E-state index in [1.165, 1.54) is 0 Å². The van der Waals surface area contributed by atoms with Crippen molar-refractivity contribution in [2.75, 3.05) is 0 Å². The highest BCUT2D eigenvalue weighted by Gasteiger charge is 2.24. The molecular formula is C24H19BO3. The predicted octanol–water partition coefficient (Wildman–Crippen LogP) is 5.46. The molecule has 0 bridgehead atoms. The van der Waals surface area contributed by atoms with Gasteiger partial charge in [0, 0.05) is 5.56 Å². The van der Waals surface area contributed by atoms with Crippen LogP contribution in [0.15, 0.2) is 109 Å². The minimum atomic E-state index is -1.42. The van der Waals surface area contributed by atoms with Crippen molar-refractivity contribution < 1.29 is 14.3 Å². The Kier molecular flexibility index (Phi) is 5.41. The standard InChI is InChI=1S/C24H19BO3/c26-25(27-21-15-8-3-9-16-21)28-23-18-10-17-22(19-11-4-1-5-12-19)24(23)20-13-6-2-7-14-20/h1-18,26H. The van der Waals surface area contributed by atoms with Crippen LogP contribution in [0.5, 0.6) is 11.5 Å². The maximum Gasteiger partial charge on any atom is 0.785 e. The SMILES string of the molecule is OB(Oc1ccccc1)Oc1cccc(-c2ccccc2)c1-c1ccccc1. The van der Waals surface area contributed by atoms with Crippen molar-refractivity contribution in [2.24, 2.45) is 0 Å². The summed E-state index contributed by atoms with van der Waals surface area (Å²) in [7, 11) is -1.42. The molecule has 1 N–H and O–H groups in total. The largest absolute Gasteiger partial charge is 0.785 e. The highest BCUT2D eigenvalue weighted by atomic mass is 16.7. The van der Waals surface area contributed by atoms with Gasteiger partial charge >= 0.3 is 7.32 Å². The van der Waals surface area contributed by atoms with Crippen molar-refractivity contribution in [1.82, 2.24) is 0 Å². The summed E-state index contributed by atoms with van der Waals surface area (Å²) in [4.78, 5) is 0. The third kappa shape index (κ3) is 4.08. The summed E-state index contributed by atoms with van der Waals surface area (Å²) in [6.07, 6.45) is 0. The molecule has 0 aliphatic heterocycles. The Hall–Kier alpha value is -3.50. The first-order chi connectivity index (χ1) is 13.8. The van der Waals surface area contributed by atoms with Gasteiger partial charge in [-0.25, -0.2) is 0 Å². The van der Waals surface area contributed by atoms with Crippen LogP contribution in [0.4, 0.5) is 0 Å². The Morgan fingerprint density at radius 1 is 0.536 bits per heavy atom. The molecule has 0 aromatic heterocycles. The number of hydrogen-bond donors (Lipinski definition) is 1. The second kappa shape index (κ2) is 8.46. The van der Waals surface area contributed by atoms with Gasteiger partial charge in [-0.05, 0) is 34.9 Å². The number of hydrogen-bond acceptors (Lipinski definition) is 3. The van der Waals surface area contributed by atoms with E-state index in [1.807, 2.05) is 78.9 Å². The fourth-order valence-corrected chi connectivity index (χ4v) is 3.14. The van der Waals surface area contributed by atoms with Crippen LogP contribution in [0.1, 0.15) is 0 Å². The predicted molar refractivity (Wildman–Crippen MR) is 113 cm³/mol. The molecule has 4 rings (SSSR count). The lowest BCUT2D eigenvalue weighted by Crippen LogP contribution is -2.29. The highest BCUT2D eigenvalue weighted by Crippen LogP contribution is 2.39. The van der Waals surface area contributed by atoms with Crippen LogP contribution in [-0.2, 0) is 0 Å². The Balaban J connectivity index is 1.73. The van der Waals surface area contributed by atoms with E-state index in [9.17, 15) is 5.02 Å². The van der Waals surface area contributed by atoms with E-state index < -0.39 is 7.32 Å². The normalized spacial score (nSPS) is 10.3. The molecular weight excluding hydrogens is 347 g/mol. The molecule has 136 valence electrons. The highest BCUT2D eigenvalue weighted by molar-refractivity contribution is 6.37. The van der Waals surface area contributed by atoms with Gasteiger partial charge in [-0.3, -0.25) is 0 Å². The molecule has 3 nitrogen and oxygen atoms in total. The fourth-order valence-electron chi connectivity index (χ4n) is 3.14. The molecule has 0 saturated carbocycles. The second-order valence-corrected chi connectivity index (χ2v) is 6.27. The molecule has 0 aliphatic rings. The summed E-state index contributed by atoms with van der Waals surface area (Å²) < 4.78 is 11.3. The molecule has 4 aromatic carbocycles. The molecule has 0 fully saturated rings. The lowest BCUT2D eigenvalue weighted by molar-refractivity contribution is 0.298. The van der Waals surface area contributed by atoms with Gasteiger partial charge in [-0.2, -0.15) is 0 Å². The smallest absolute Gasteiger partial charge is 0.501 e. The molecule has 0 spiro atoms. The maximum absolute atomic E-state index is 10.3. The van der Waals surface area contributed by atoms with Crippen LogP contribution < -0.4 is 9.31 Å². The average Bonchev–Trinajstić information content (AvgIpc) is 2.75. The van der Waals surface area contributed by atoms with Gasteiger partial charge in [0.15, 0.2) is 0 Å². The van der Waals surface area contributed by atoms with Crippen molar-refractivity contribution in [3.05, 3.63) is 109 Å². The van der Waals surface area contributed by atoms with Crippen LogP contribution in [0.25, 0.3) is 22.3 Å². The van der Waals surface area contributed by atoms with Gasteiger partial charge in [0.05, 0.1) is 0 Å². The average molecular weight is 366 g/mol. The van der Waals surface area contributed by atoms with Gasteiger partial charge in [-0.1, -0.05) is 91.0 Å². The first-order valence-electron chi connectivity index (χ1n) is 9.11. The lowest BCUT2D eigenvalue weighted by Gasteiger charge is -2.18. The van der Waals surface area contributed by atoms with Crippen molar-refractivity contribution in [1.29, 1.82) is 0 Å². The summed E-state index contributed by atoms with van der Waals surface area (Å²) in [5.74, 6) is 1.09. The molecule has 0 heterocycles. The third-order valence-electron chi connectivity index (χ3n) is 4.38. The van der Waals surface area contributed by atoms with Crippen LogP contribution in [0.2, 0.25) is 0 Å². The quantitative estimate of drug-likeness (QED) is 0.461. The fraction of sp³-hybridized carbons (Fsp3) is 0. The van der Waals surface area contributed by atoms with Crippen molar-refractivity contribution >= 4 is 7.32 Å². The number of para-hydroxylation sites is 1. The van der Waals surface area contributed by atoms with Crippen LogP contribution in [-0.4, -0.2) is 12.3 Å². The molecule has 4 aromatic rings. The zero-order valence-corrected chi connectivity index (χ0v) is 15.2. The number of benzene rings is 4. The maximum atomic E-state index is 10.3. The third-order valence-corrected chi connectivity index (χ3v) is 4.38. The molecule has 4 heteroatoms. The zero-order chi connectivity index (χ0) is 19.2. The summed E-state index contributed by atoms with van der Waals surface area (Å²) in [5.41, 5.74) is 4.01. The van der Waals surface area contributed by atoms with Crippen molar-refractivity contribution in [2.45, 2.75) is 0 Å². The van der Waals surface area contributed by atoms with Gasteiger partial charge in [0.25, 0.3) is 0 Å². The van der Waals surface area contributed by atoms with Crippen molar-refractivity contribution in [3.8, 4) is 33.8 Å². The van der Waals surface area contributed by atoms with E-state index in [-0.39, 0.29) is 0 Å². The Bertz CT molecular complexity index is 1020. The summed E-state index contributed by atoms with van der Waals surface area (Å²) in [5, 5.41) is 10.3. The summed E-state index contributed by atoms with van der Waals surface area (Å²) in [6, 6.07) is 35.0. The molecule has 0 amide bonds. The first-order valence-corrected chi connectivity index (χ1v) is 9.11. The molecule has 0 atom stereocenters. The van der Waals surface area contributed by atoms with Gasteiger partial charge in [0.2, 0.25) is 0 Å². The minimum Gasteiger partial charge on any atom is -0.501 e. The topological polar surface area (TPSA) is 38.7 Å². The molecule has 0 radical (unpaired) electrons. The zero-order valence-electron chi connectivity index (χ0n) is 15.2. The molecule has 0 unspecified atom stereocenters. The Morgan fingerprint density at radius 3 is 1.75 bits per heavy atom. The first kappa shape index (κ1) is 17.9. The summed E-state index contributed by atoms with van der Waals surface area (Å²) in [6.45, 7) is 0. The van der Waals surface area contributed by atoms with Crippen LogP contribution >= 0.6 is 0 Å². The number of rotatable bonds is 6. The van der Waals surface area contributed by atoms with E-state index in [0.717, 1.165) is 22.3 Å². The van der Waals surface area contributed by atoms with E-state index in [0.29, 0.717) is 11.5 Å². The second-order valence-electron chi connectivity index (χ2n) is 6.27. The van der Waals surface area contributed by atoms with Crippen LogP contribution in [0, 0.1) is 0 Å². The lowest BCUT2D eigenvalue weighted by atomic mass is 9.93. The molecule has 28 heavy (non-hydrogen) atoms. The Morgan fingerprint density at radius 2 is 1.11 bits per heavy atom. The summed E-state index contributed by atoms with van der Waals surface area (Å²) >= 11 is 0. The minimum absolute atomic E-state index is 0.537. The van der Waals surface area contributed by atoms with E-state index in [1.54, 1.807) is 12.1 Å². The molecule has 0 saturated heterocycles. The van der Waals surface area contributed by atoms with E-state index >= 15 is 0 Å². The van der Waals surface area contributed by atoms with E-state index in [2.05, 4.69) is 18.2 Å². The van der Waals surface area contributed by atoms with E-state index in [4.69, 9.17) is 9.31 Å². The van der Waals surface area contributed by atoms with Crippen molar-refractivity contribution in [3.63, 3.8) is 0 Å². The molecule has 0 aliphatic carbocycles. The Labute approximate surface area is 165 Å². The monoisotopic (exact) mass is 366 g/mol. The van der Waals surface area contributed by atoms with Gasteiger partial charge in [0.1, 0.15) is 11.5 Å². The van der Waals surface area contributed by atoms with Gasteiger partial charge < -0.3 is 14.3 Å². The van der Waals surface area contributed by atoms with Crippen LogP contribution in [0.3, 0.4) is 0 Å². The van der Waals surface area contributed by atoms with Gasteiger partial charge in [-0.15, -0.1) is 0 Å².